The molecule has 0 radical (unpaired) electrons. The molecule has 1 rings (SSSR count). The van der Waals surface area contributed by atoms with Gasteiger partial charge in [-0.15, -0.1) is 0 Å². The Labute approximate surface area is 493 Å². The van der Waals surface area contributed by atoms with E-state index in [0.29, 0.717) is 24.3 Å². The van der Waals surface area contributed by atoms with Crippen LogP contribution < -0.4 is 10.1 Å². The van der Waals surface area contributed by atoms with Crippen LogP contribution in [0.15, 0.2) is 24.3 Å². The van der Waals surface area contributed by atoms with Crippen molar-refractivity contribution in [1.82, 2.24) is 0 Å². The summed E-state index contributed by atoms with van der Waals surface area (Å²) in [6.45, 7) is 54.8. The third kappa shape index (κ3) is 29.5. The SMILES string of the molecule is CCCC[Si](C)(C)O[Si](C)(C)O[Si](C)(C)O[Si](C)(C)O[Si](C)(C)O[Si](C)(C)O[Si](C)(C)O[Si](C)(C)O[Si](C)(C)O[Si](C)(C)O[Si](C)(C)O[Si](C)(C)CC[Si](C)(C)c1cccc(N(C)C(=O)C(F)(OC(F)(F)CC(F)(F)F)C(F)(F)F)c1. The smallest absolute Gasteiger partial charge is 0.436 e. The van der Waals surface area contributed by atoms with Crippen LogP contribution in [0.5, 0.6) is 0 Å². The van der Waals surface area contributed by atoms with E-state index in [1.54, 1.807) is 6.07 Å². The summed E-state index contributed by atoms with van der Waals surface area (Å²) in [7, 11) is -34.7. The van der Waals surface area contributed by atoms with Gasteiger partial charge in [0.2, 0.25) is 0 Å². The number of alkyl halides is 9. The van der Waals surface area contributed by atoms with Crippen LogP contribution in [0.4, 0.5) is 45.2 Å². The molecule has 0 aromatic heterocycles. The van der Waals surface area contributed by atoms with E-state index in [9.17, 15) is 39.9 Å². The van der Waals surface area contributed by atoms with E-state index in [2.05, 4.69) is 50.9 Å². The number of halogens is 9. The van der Waals surface area contributed by atoms with Crippen molar-refractivity contribution in [3.63, 3.8) is 0 Å². The lowest BCUT2D eigenvalue weighted by Crippen LogP contribution is -2.62. The second kappa shape index (κ2) is 27.2. The number of hydrogen-bond acceptors (Lipinski definition) is 13. The molecule has 81 heavy (non-hydrogen) atoms. The van der Waals surface area contributed by atoms with Crippen molar-refractivity contribution in [2.75, 3.05) is 11.9 Å². The van der Waals surface area contributed by atoms with Crippen LogP contribution in [0, 0.1) is 0 Å². The van der Waals surface area contributed by atoms with Crippen molar-refractivity contribution < 1.29 is 94.3 Å². The van der Waals surface area contributed by atoms with Crippen molar-refractivity contribution in [2.45, 2.75) is 239 Å². The third-order valence-corrected chi connectivity index (χ3v) is 62.2. The summed E-state index contributed by atoms with van der Waals surface area (Å²) in [5, 5.41) is 0.614. The topological polar surface area (TPSA) is 131 Å². The van der Waals surface area contributed by atoms with Crippen molar-refractivity contribution in [2.24, 2.45) is 0 Å². The minimum atomic E-state index is -6.46. The van der Waals surface area contributed by atoms with Gasteiger partial charge in [-0.2, -0.15) is 39.5 Å². The second-order valence-electron chi connectivity index (χ2n) is 27.2. The molecule has 1 unspecified atom stereocenters. The van der Waals surface area contributed by atoms with E-state index >= 15 is 4.39 Å². The molecule has 1 amide bonds. The first-order valence-corrected chi connectivity index (χ1v) is 64.8. The van der Waals surface area contributed by atoms with Gasteiger partial charge in [0.05, 0.1) is 8.07 Å². The number of amides is 1. The molecule has 0 aliphatic carbocycles. The molecule has 0 heterocycles. The second-order valence-corrected chi connectivity index (χ2v) is 77.0. The van der Waals surface area contributed by atoms with Gasteiger partial charge in [-0.1, -0.05) is 56.2 Å². The number of rotatable bonds is 34. The normalized spacial score (nSPS) is 16.0. The van der Waals surface area contributed by atoms with Gasteiger partial charge in [-0.3, -0.25) is 9.53 Å². The summed E-state index contributed by atoms with van der Waals surface area (Å²) in [6, 6.07) is 7.85. The Morgan fingerprint density at radius 3 is 1.02 bits per heavy atom. The number of likely N-dealkylation sites (N-methyl/N-ethyl adjacent to an activating group) is 1. The fourth-order valence-corrected chi connectivity index (χ4v) is 77.5. The third-order valence-electron chi connectivity index (χ3n) is 11.6. The molecule has 478 valence electrons. The predicted octanol–water partition coefficient (Wildman–Crippen LogP) is 15.8. The number of nitrogens with zero attached hydrogens (tertiary/aromatic N) is 1. The maximum absolute atomic E-state index is 15.3. The lowest BCUT2D eigenvalue weighted by atomic mass is 10.2. The Bertz CT molecular complexity index is 2230. The van der Waals surface area contributed by atoms with Crippen LogP contribution >= 0.6 is 0 Å². The Kier molecular flexibility index (Phi) is 26.7. The van der Waals surface area contributed by atoms with E-state index in [1.165, 1.54) is 12.1 Å². The van der Waals surface area contributed by atoms with Gasteiger partial charge < -0.3 is 50.2 Å². The first kappa shape index (κ1) is 79.4. The highest BCUT2D eigenvalue weighted by Gasteiger charge is 2.69. The highest BCUT2D eigenvalue weighted by molar-refractivity contribution is 6.95. The molecular formula is C45H100F9NO13Si13. The molecule has 0 aliphatic rings. The van der Waals surface area contributed by atoms with E-state index in [-0.39, 0.29) is 10.6 Å². The summed E-state index contributed by atoms with van der Waals surface area (Å²) in [6.07, 6.45) is -18.9. The maximum atomic E-state index is 15.3. The Morgan fingerprint density at radius 2 is 0.741 bits per heavy atom. The molecule has 14 nitrogen and oxygen atoms in total. The predicted molar refractivity (Wildman–Crippen MR) is 335 cm³/mol. The lowest BCUT2D eigenvalue weighted by Gasteiger charge is -2.45. The first-order valence-electron chi connectivity index (χ1n) is 27.2. The minimum absolute atomic E-state index is 0.0991. The Hall–Kier alpha value is 0.399. The van der Waals surface area contributed by atoms with Crippen LogP contribution in [-0.4, -0.2) is 148 Å². The van der Waals surface area contributed by atoms with Gasteiger partial charge in [0, 0.05) is 12.7 Å². The summed E-state index contributed by atoms with van der Waals surface area (Å²) < 4.78 is 201. The summed E-state index contributed by atoms with van der Waals surface area (Å²) in [5.41, 5.74) is -0.320. The van der Waals surface area contributed by atoms with E-state index < -0.39 is 147 Å². The van der Waals surface area contributed by atoms with Crippen molar-refractivity contribution in [1.29, 1.82) is 0 Å². The molecule has 1 aromatic rings. The number of anilines is 1. The van der Waals surface area contributed by atoms with E-state index in [4.69, 9.17) is 45.3 Å². The zero-order valence-corrected chi connectivity index (χ0v) is 66.7. The first-order chi connectivity index (χ1) is 35.2. The van der Waals surface area contributed by atoms with Crippen LogP contribution in [-0.2, 0) is 54.8 Å². The van der Waals surface area contributed by atoms with Crippen molar-refractivity contribution >= 4 is 127 Å². The Morgan fingerprint density at radius 1 is 0.444 bits per heavy atom. The average Bonchev–Trinajstić information content (AvgIpc) is 3.11. The fourth-order valence-electron chi connectivity index (χ4n) is 10.5. The fraction of sp³-hybridized carbons (Fsp3) is 0.844. The van der Waals surface area contributed by atoms with E-state index in [1.807, 2.05) is 131 Å². The number of benzene rings is 1. The number of carbonyl (C=O) groups is 1. The zero-order chi connectivity index (χ0) is 64.4. The summed E-state index contributed by atoms with van der Waals surface area (Å²) in [4.78, 5) is 13.0. The number of carbonyl (C=O) groups excluding carboxylic acids is 1. The molecule has 0 saturated heterocycles. The highest BCUT2D eigenvalue weighted by Crippen LogP contribution is 2.44. The van der Waals surface area contributed by atoms with E-state index in [0.717, 1.165) is 25.0 Å². The van der Waals surface area contributed by atoms with Crippen LogP contribution in [0.1, 0.15) is 26.2 Å². The van der Waals surface area contributed by atoms with Gasteiger partial charge in [-0.05, 0) is 181 Å². The van der Waals surface area contributed by atoms with Crippen molar-refractivity contribution in [3.8, 4) is 0 Å². The average molecular weight is 1400 g/mol. The monoisotopic (exact) mass is 1400 g/mol. The van der Waals surface area contributed by atoms with Crippen LogP contribution in [0.25, 0.3) is 0 Å². The molecule has 0 N–H and O–H groups in total. The standard InChI is InChI=1S/C45H100F9NO13Si13/c1-29-30-34-70(5,6)58-72(9,10)60-74(13,14)62-76(17,18)64-78(21,22)66-80(25,26)68-81(27,28)67-79(23,24)65-77(19,20)63-75(15,16)61-73(11,12)59-71(7,8)36-35-69(3,4)40-33-31-32-39(37-40)55(2)41(56)44(51,45(52,53)54)57-43(49,50)38-42(46,47)48/h31-33,37H,29-30,34-36,38H2,1-28H3. The molecule has 0 aliphatic heterocycles. The summed E-state index contributed by atoms with van der Waals surface area (Å²) in [5.74, 6) is -8.49. The van der Waals surface area contributed by atoms with Crippen LogP contribution in [0.3, 0.4) is 0 Å². The lowest BCUT2D eigenvalue weighted by molar-refractivity contribution is -0.406. The van der Waals surface area contributed by atoms with Gasteiger partial charge >= 0.3 is 116 Å². The molecule has 1 aromatic carbocycles. The van der Waals surface area contributed by atoms with Gasteiger partial charge in [-0.25, -0.2) is 0 Å². The minimum Gasteiger partial charge on any atom is -0.436 e. The van der Waals surface area contributed by atoms with Crippen molar-refractivity contribution in [3.05, 3.63) is 24.3 Å². The number of hydrogen-bond donors (Lipinski definition) is 0. The molecule has 0 saturated carbocycles. The largest absolute Gasteiger partial charge is 0.458 e. The number of unbranched alkanes of at least 4 members (excludes halogenated alkanes) is 1. The van der Waals surface area contributed by atoms with Gasteiger partial charge in [0.15, 0.2) is 16.6 Å². The quantitative estimate of drug-likeness (QED) is 0.0480. The maximum Gasteiger partial charge on any atom is 0.458 e. The number of ether oxygens (including phenoxy) is 1. The Balaban J connectivity index is 3.08. The van der Waals surface area contributed by atoms with Gasteiger partial charge in [0.25, 0.3) is 0 Å². The van der Waals surface area contributed by atoms with Gasteiger partial charge in [0.1, 0.15) is 6.42 Å². The molecule has 0 bridgehead atoms. The highest BCUT2D eigenvalue weighted by atomic mass is 28.5. The zero-order valence-electron chi connectivity index (χ0n) is 53.7. The molecular weight excluding hydrogens is 1300 g/mol. The molecule has 36 heteroatoms. The molecule has 0 fully saturated rings. The summed E-state index contributed by atoms with van der Waals surface area (Å²) >= 11 is 0. The van der Waals surface area contributed by atoms with Crippen LogP contribution in [0.2, 0.25) is 188 Å². The molecule has 0 spiro atoms. The molecule has 1 atom stereocenters.